The van der Waals surface area contributed by atoms with Crippen LogP contribution >= 0.6 is 0 Å². The second kappa shape index (κ2) is 9.55. The molecule has 0 saturated carbocycles. The molecule has 0 radical (unpaired) electrons. The Hall–Kier alpha value is -0.893. The van der Waals surface area contributed by atoms with Gasteiger partial charge in [-0.15, -0.1) is 6.42 Å². The first-order chi connectivity index (χ1) is 10.8. The number of carbonyl (C=O) groups excluding carboxylic acids is 1. The summed E-state index contributed by atoms with van der Waals surface area (Å²) in [4.78, 5) is 11.5. The number of terminal acetylenes is 1. The van der Waals surface area contributed by atoms with Crippen molar-refractivity contribution in [2.75, 3.05) is 6.61 Å². The molecule has 0 aromatic rings. The van der Waals surface area contributed by atoms with Gasteiger partial charge in [-0.25, -0.2) is 0 Å². The minimum atomic E-state index is -1.67. The van der Waals surface area contributed by atoms with Crippen molar-refractivity contribution in [2.24, 2.45) is 11.8 Å². The summed E-state index contributed by atoms with van der Waals surface area (Å²) in [5, 5.41) is 10.5. The van der Waals surface area contributed by atoms with E-state index in [-0.39, 0.29) is 16.7 Å². The van der Waals surface area contributed by atoms with Gasteiger partial charge in [-0.05, 0) is 43.8 Å². The van der Waals surface area contributed by atoms with Crippen molar-refractivity contribution in [1.29, 1.82) is 0 Å². The van der Waals surface area contributed by atoms with Gasteiger partial charge in [-0.1, -0.05) is 46.3 Å². The van der Waals surface area contributed by atoms with Gasteiger partial charge in [0.15, 0.2) is 8.32 Å². The fraction of sp³-hybridized carbons (Fsp3) is 0.750. The van der Waals surface area contributed by atoms with E-state index in [1.165, 1.54) is 0 Å². The quantitative estimate of drug-likeness (QED) is 0.217. The van der Waals surface area contributed by atoms with Crippen LogP contribution in [0.3, 0.4) is 0 Å². The number of Topliss-reactive ketones (excluding diaryl/α,β-unsaturated/α-hetero) is 1. The van der Waals surface area contributed by atoms with E-state index >= 15 is 0 Å². The largest absolute Gasteiger partial charge is 0.417 e. The van der Waals surface area contributed by atoms with Gasteiger partial charge in [-0.2, -0.15) is 0 Å². The molecule has 24 heavy (non-hydrogen) atoms. The van der Waals surface area contributed by atoms with Gasteiger partial charge in [-0.3, -0.25) is 4.79 Å². The highest BCUT2D eigenvalue weighted by atomic mass is 28.4. The lowest BCUT2D eigenvalue weighted by molar-refractivity contribution is -0.120. The number of carbonyl (C=O) groups is 1. The highest BCUT2D eigenvalue weighted by molar-refractivity contribution is 6.74. The summed E-state index contributed by atoms with van der Waals surface area (Å²) in [5.41, 5.74) is 1.09. The molecular formula is C20H36O3Si. The Balaban J connectivity index is 4.42. The maximum absolute atomic E-state index is 11.5. The van der Waals surface area contributed by atoms with Crippen LogP contribution in [0.15, 0.2) is 11.6 Å². The molecule has 0 aliphatic heterocycles. The molecule has 0 bridgehead atoms. The van der Waals surface area contributed by atoms with Crippen LogP contribution in [-0.4, -0.2) is 31.9 Å². The molecule has 0 amide bonds. The van der Waals surface area contributed by atoms with Crippen LogP contribution < -0.4 is 0 Å². The van der Waals surface area contributed by atoms with Gasteiger partial charge in [0.1, 0.15) is 0 Å². The van der Waals surface area contributed by atoms with Gasteiger partial charge in [0, 0.05) is 12.5 Å². The van der Waals surface area contributed by atoms with E-state index in [2.05, 4.69) is 45.9 Å². The number of hydrogen-bond donors (Lipinski definition) is 1. The molecule has 0 spiro atoms. The monoisotopic (exact) mass is 352 g/mol. The predicted molar refractivity (Wildman–Crippen MR) is 104 cm³/mol. The lowest BCUT2D eigenvalue weighted by atomic mass is 9.86. The van der Waals surface area contributed by atoms with Crippen molar-refractivity contribution in [3.8, 4) is 12.3 Å². The van der Waals surface area contributed by atoms with Crippen molar-refractivity contribution in [3.05, 3.63) is 11.6 Å². The Morgan fingerprint density at radius 1 is 1.29 bits per heavy atom. The Morgan fingerprint density at radius 2 is 1.83 bits per heavy atom. The van der Waals surface area contributed by atoms with E-state index in [0.29, 0.717) is 0 Å². The highest BCUT2D eigenvalue weighted by Crippen LogP contribution is 2.36. The Morgan fingerprint density at radius 3 is 2.29 bits per heavy atom. The second-order valence-corrected chi connectivity index (χ2v) is 13.1. The maximum atomic E-state index is 11.5. The summed E-state index contributed by atoms with van der Waals surface area (Å²) in [6.07, 6.45) is 8.40. The molecule has 0 fully saturated rings. The van der Waals surface area contributed by atoms with Gasteiger partial charge < -0.3 is 9.53 Å². The van der Waals surface area contributed by atoms with Gasteiger partial charge in [0.2, 0.25) is 5.78 Å². The number of rotatable bonds is 9. The van der Waals surface area contributed by atoms with Crippen LogP contribution in [0.25, 0.3) is 0 Å². The van der Waals surface area contributed by atoms with Crippen LogP contribution in [-0.2, 0) is 9.22 Å². The van der Waals surface area contributed by atoms with E-state index in [1.54, 1.807) is 6.92 Å². The first-order valence-electron chi connectivity index (χ1n) is 8.84. The van der Waals surface area contributed by atoms with Crippen LogP contribution in [0.1, 0.15) is 54.4 Å². The summed E-state index contributed by atoms with van der Waals surface area (Å²) in [5.74, 6) is 1.14. The smallest absolute Gasteiger partial charge is 0.210 e. The minimum absolute atomic E-state index is 0.0846. The highest BCUT2D eigenvalue weighted by Gasteiger charge is 2.36. The number of aliphatic hydroxyl groups excluding tert-OH is 1. The molecule has 0 saturated heterocycles. The van der Waals surface area contributed by atoms with Crippen molar-refractivity contribution in [3.63, 3.8) is 0 Å². The number of unbranched alkanes of at least 4 members (excludes halogenated alkanes) is 1. The zero-order valence-corrected chi connectivity index (χ0v) is 17.8. The zero-order valence-electron chi connectivity index (χ0n) is 16.8. The fourth-order valence-electron chi connectivity index (χ4n) is 2.13. The summed E-state index contributed by atoms with van der Waals surface area (Å²) < 4.78 is 6.16. The Kier molecular flexibility index (Phi) is 9.20. The molecule has 0 aromatic heterocycles. The van der Waals surface area contributed by atoms with E-state index < -0.39 is 20.3 Å². The molecule has 0 aliphatic carbocycles. The SMILES string of the molecule is C#CC(=O)[C@@H](C)[C@@H](O)[C@H](C)/C(C)=C/CCCO[Si](C)(C)C(C)(C)C. The second-order valence-electron chi connectivity index (χ2n) is 8.28. The normalized spacial score (nSPS) is 17.1. The molecule has 0 heterocycles. The molecule has 3 nitrogen and oxygen atoms in total. The summed E-state index contributed by atoms with van der Waals surface area (Å²) in [7, 11) is -1.67. The molecule has 138 valence electrons. The van der Waals surface area contributed by atoms with Gasteiger partial charge in [0.25, 0.3) is 0 Å². The average Bonchev–Trinajstić information content (AvgIpc) is 2.49. The molecular weight excluding hydrogens is 316 g/mol. The molecule has 4 heteroatoms. The van der Waals surface area contributed by atoms with Gasteiger partial charge >= 0.3 is 0 Å². The third kappa shape index (κ3) is 6.92. The van der Waals surface area contributed by atoms with E-state index in [4.69, 9.17) is 10.8 Å². The molecule has 0 rings (SSSR count). The number of hydrogen-bond acceptors (Lipinski definition) is 3. The van der Waals surface area contributed by atoms with Crippen LogP contribution in [0.2, 0.25) is 18.1 Å². The third-order valence-electron chi connectivity index (χ3n) is 5.38. The van der Waals surface area contributed by atoms with E-state index in [0.717, 1.165) is 25.0 Å². The van der Waals surface area contributed by atoms with Crippen LogP contribution in [0.4, 0.5) is 0 Å². The summed E-state index contributed by atoms with van der Waals surface area (Å²) >= 11 is 0. The average molecular weight is 353 g/mol. The molecule has 0 aromatic carbocycles. The first kappa shape index (κ1) is 23.1. The third-order valence-corrected chi connectivity index (χ3v) is 9.92. The van der Waals surface area contributed by atoms with Gasteiger partial charge in [0.05, 0.1) is 12.0 Å². The van der Waals surface area contributed by atoms with Crippen molar-refractivity contribution >= 4 is 14.1 Å². The first-order valence-corrected chi connectivity index (χ1v) is 11.7. The van der Waals surface area contributed by atoms with Crippen molar-refractivity contribution in [1.82, 2.24) is 0 Å². The lowest BCUT2D eigenvalue weighted by Gasteiger charge is -2.36. The van der Waals surface area contributed by atoms with E-state index in [1.807, 2.05) is 13.8 Å². The van der Waals surface area contributed by atoms with Crippen LogP contribution in [0, 0.1) is 24.2 Å². The Labute approximate surface area is 150 Å². The summed E-state index contributed by atoms with van der Waals surface area (Å²) in [6, 6.07) is 0. The topological polar surface area (TPSA) is 46.5 Å². The standard InChI is InChI=1S/C20H36O3Si/c1-10-18(21)17(4)19(22)16(3)15(2)13-11-12-14-23-24(8,9)20(5,6)7/h1,13,16-17,19,22H,11-12,14H2,2-9H3/b15-13+/t16-,17-,19+/m1/s1. The van der Waals surface area contributed by atoms with E-state index in [9.17, 15) is 9.90 Å². The summed E-state index contributed by atoms with van der Waals surface area (Å²) in [6.45, 7) is 17.6. The zero-order chi connectivity index (χ0) is 19.1. The fourth-order valence-corrected chi connectivity index (χ4v) is 3.22. The number of aliphatic hydroxyl groups is 1. The Bertz CT molecular complexity index is 480. The van der Waals surface area contributed by atoms with Crippen LogP contribution in [0.5, 0.6) is 0 Å². The molecule has 0 aliphatic rings. The molecule has 1 N–H and O–H groups in total. The molecule has 0 unspecified atom stereocenters. The number of ketones is 1. The van der Waals surface area contributed by atoms with Crippen molar-refractivity contribution < 1.29 is 14.3 Å². The maximum Gasteiger partial charge on any atom is 0.210 e. The predicted octanol–water partition coefficient (Wildman–Crippen LogP) is 4.57. The molecule has 3 atom stereocenters. The number of allylic oxidation sites excluding steroid dienone is 1. The van der Waals surface area contributed by atoms with Crippen molar-refractivity contribution in [2.45, 2.75) is 78.6 Å². The lowest BCUT2D eigenvalue weighted by Crippen LogP contribution is -2.40. The minimum Gasteiger partial charge on any atom is -0.417 e.